The number of hydrogen-bond acceptors (Lipinski definition) is 2. The second kappa shape index (κ2) is 5.70. The van der Waals surface area contributed by atoms with E-state index in [-0.39, 0.29) is 5.41 Å². The highest BCUT2D eigenvalue weighted by Gasteiger charge is 2.21. The largest absolute Gasteiger partial charge is 0.370 e. The average Bonchev–Trinajstić information content (AvgIpc) is 2.77. The summed E-state index contributed by atoms with van der Waals surface area (Å²) >= 11 is 1.75. The molecule has 3 N–H and O–H groups in total. The van der Waals surface area contributed by atoms with Gasteiger partial charge in [0.15, 0.2) is 5.96 Å². The Morgan fingerprint density at radius 3 is 3.00 bits per heavy atom. The predicted octanol–water partition coefficient (Wildman–Crippen LogP) is 2.12. The number of aliphatic imine (C=N–C) groups is 1. The third-order valence-corrected chi connectivity index (χ3v) is 3.50. The molecule has 0 saturated carbocycles. The first kappa shape index (κ1) is 12.8. The van der Waals surface area contributed by atoms with E-state index in [0.717, 1.165) is 0 Å². The molecule has 0 fully saturated rings. The van der Waals surface area contributed by atoms with Gasteiger partial charge in [0.2, 0.25) is 0 Å². The molecule has 0 unspecified atom stereocenters. The Kier molecular flexibility index (Phi) is 4.55. The van der Waals surface area contributed by atoms with E-state index in [9.17, 15) is 0 Å². The molecule has 1 rings (SSSR count). The molecule has 0 atom stereocenters. The summed E-state index contributed by atoms with van der Waals surface area (Å²) in [5, 5.41) is 5.05. The van der Waals surface area contributed by atoms with Crippen molar-refractivity contribution in [2.75, 3.05) is 13.1 Å². The van der Waals surface area contributed by atoms with Gasteiger partial charge >= 0.3 is 0 Å². The summed E-state index contributed by atoms with van der Waals surface area (Å²) in [5.74, 6) is 0.476. The van der Waals surface area contributed by atoms with Crippen LogP contribution in [-0.4, -0.2) is 19.0 Å². The highest BCUT2D eigenvalue weighted by Crippen LogP contribution is 2.27. The molecule has 16 heavy (non-hydrogen) atoms. The van der Waals surface area contributed by atoms with Crippen molar-refractivity contribution in [3.05, 3.63) is 35.0 Å². The smallest absolute Gasteiger partial charge is 0.188 e. The molecular weight excluding hydrogens is 218 g/mol. The highest BCUT2D eigenvalue weighted by molar-refractivity contribution is 7.10. The lowest BCUT2D eigenvalue weighted by molar-refractivity contribution is 0.550. The van der Waals surface area contributed by atoms with Crippen LogP contribution in [0.2, 0.25) is 0 Å². The van der Waals surface area contributed by atoms with Crippen molar-refractivity contribution in [3.8, 4) is 0 Å². The first-order valence-electron chi connectivity index (χ1n) is 5.25. The van der Waals surface area contributed by atoms with Crippen molar-refractivity contribution >= 4 is 17.3 Å². The van der Waals surface area contributed by atoms with Gasteiger partial charge in [0, 0.05) is 16.8 Å². The van der Waals surface area contributed by atoms with Crippen molar-refractivity contribution < 1.29 is 0 Å². The predicted molar refractivity (Wildman–Crippen MR) is 72.0 cm³/mol. The van der Waals surface area contributed by atoms with Crippen molar-refractivity contribution in [1.82, 2.24) is 5.32 Å². The fourth-order valence-electron chi connectivity index (χ4n) is 1.26. The van der Waals surface area contributed by atoms with Gasteiger partial charge < -0.3 is 11.1 Å². The van der Waals surface area contributed by atoms with Crippen LogP contribution in [0.5, 0.6) is 0 Å². The molecule has 0 radical (unpaired) electrons. The van der Waals surface area contributed by atoms with Crippen LogP contribution in [0.1, 0.15) is 18.7 Å². The molecule has 0 aliphatic rings. The molecule has 1 heterocycles. The summed E-state index contributed by atoms with van der Waals surface area (Å²) in [7, 11) is 0. The fraction of sp³-hybridized carbons (Fsp3) is 0.417. The maximum Gasteiger partial charge on any atom is 0.188 e. The summed E-state index contributed by atoms with van der Waals surface area (Å²) in [5.41, 5.74) is 5.75. The van der Waals surface area contributed by atoms with Crippen LogP contribution in [0.4, 0.5) is 0 Å². The van der Waals surface area contributed by atoms with Crippen LogP contribution in [0.15, 0.2) is 35.2 Å². The molecule has 0 aromatic carbocycles. The quantitative estimate of drug-likeness (QED) is 0.468. The van der Waals surface area contributed by atoms with E-state index in [2.05, 4.69) is 48.2 Å². The van der Waals surface area contributed by atoms with Crippen LogP contribution in [-0.2, 0) is 5.41 Å². The van der Waals surface area contributed by atoms with Crippen LogP contribution in [0.25, 0.3) is 0 Å². The van der Waals surface area contributed by atoms with Crippen molar-refractivity contribution in [3.63, 3.8) is 0 Å². The highest BCUT2D eigenvalue weighted by atomic mass is 32.1. The lowest BCUT2D eigenvalue weighted by Crippen LogP contribution is -2.33. The number of guanidine groups is 1. The van der Waals surface area contributed by atoms with E-state index in [0.29, 0.717) is 19.0 Å². The van der Waals surface area contributed by atoms with E-state index in [4.69, 9.17) is 5.73 Å². The van der Waals surface area contributed by atoms with Gasteiger partial charge in [-0.2, -0.15) is 0 Å². The minimum Gasteiger partial charge on any atom is -0.370 e. The van der Waals surface area contributed by atoms with Gasteiger partial charge in [-0.3, -0.25) is 4.99 Å². The molecule has 0 aliphatic heterocycles. The Morgan fingerprint density at radius 2 is 2.44 bits per heavy atom. The normalized spacial score (nSPS) is 12.5. The Bertz CT molecular complexity index is 352. The van der Waals surface area contributed by atoms with Gasteiger partial charge in [-0.05, 0) is 11.4 Å². The van der Waals surface area contributed by atoms with Gasteiger partial charge in [0.1, 0.15) is 0 Å². The van der Waals surface area contributed by atoms with Crippen LogP contribution in [0, 0.1) is 0 Å². The Balaban J connectivity index is 2.56. The van der Waals surface area contributed by atoms with Gasteiger partial charge in [0.05, 0.1) is 6.54 Å². The molecule has 0 spiro atoms. The standard InChI is InChI=1S/C12H19N3S/c1-4-7-14-11(13)15-9-12(2,3)10-6-5-8-16-10/h4-6,8H,1,7,9H2,2-3H3,(H3,13,14,15). The lowest BCUT2D eigenvalue weighted by atomic mass is 9.92. The second-order valence-corrected chi connectivity index (χ2v) is 5.18. The third kappa shape index (κ3) is 3.70. The fourth-order valence-corrected chi connectivity index (χ4v) is 2.10. The molecule has 4 heteroatoms. The molecule has 0 saturated heterocycles. The molecule has 1 aromatic rings. The lowest BCUT2D eigenvalue weighted by Gasteiger charge is -2.20. The summed E-state index contributed by atoms with van der Waals surface area (Å²) in [6.45, 7) is 9.28. The molecule has 3 nitrogen and oxygen atoms in total. The number of nitrogens with one attached hydrogen (secondary N) is 1. The number of hydrogen-bond donors (Lipinski definition) is 2. The van der Waals surface area contributed by atoms with E-state index in [1.165, 1.54) is 4.88 Å². The maximum absolute atomic E-state index is 5.71. The third-order valence-electron chi connectivity index (χ3n) is 2.26. The number of rotatable bonds is 5. The number of nitrogens with two attached hydrogens (primary N) is 1. The second-order valence-electron chi connectivity index (χ2n) is 4.23. The zero-order chi connectivity index (χ0) is 12.0. The number of thiophene rings is 1. The minimum absolute atomic E-state index is 0.0364. The summed E-state index contributed by atoms with van der Waals surface area (Å²) in [6, 6.07) is 4.19. The average molecular weight is 237 g/mol. The first-order chi connectivity index (χ1) is 7.56. The van der Waals surface area contributed by atoms with Crippen LogP contribution in [0.3, 0.4) is 0 Å². The number of nitrogens with zero attached hydrogens (tertiary/aromatic N) is 1. The van der Waals surface area contributed by atoms with Gasteiger partial charge in [-0.15, -0.1) is 17.9 Å². The monoisotopic (exact) mass is 237 g/mol. The minimum atomic E-state index is 0.0364. The molecular formula is C12H19N3S. The van der Waals surface area contributed by atoms with Gasteiger partial charge in [0.25, 0.3) is 0 Å². The zero-order valence-electron chi connectivity index (χ0n) is 9.86. The van der Waals surface area contributed by atoms with E-state index in [1.807, 2.05) is 0 Å². The Morgan fingerprint density at radius 1 is 1.69 bits per heavy atom. The zero-order valence-corrected chi connectivity index (χ0v) is 10.7. The van der Waals surface area contributed by atoms with Crippen LogP contribution < -0.4 is 11.1 Å². The summed E-state index contributed by atoms with van der Waals surface area (Å²) in [4.78, 5) is 5.66. The molecule has 0 aliphatic carbocycles. The van der Waals surface area contributed by atoms with E-state index >= 15 is 0 Å². The van der Waals surface area contributed by atoms with Gasteiger partial charge in [-0.1, -0.05) is 26.0 Å². The van der Waals surface area contributed by atoms with Gasteiger partial charge in [-0.25, -0.2) is 0 Å². The Hall–Kier alpha value is -1.29. The summed E-state index contributed by atoms with van der Waals surface area (Å²) in [6.07, 6.45) is 1.76. The molecule has 0 bridgehead atoms. The van der Waals surface area contributed by atoms with E-state index < -0.39 is 0 Å². The summed E-state index contributed by atoms with van der Waals surface area (Å²) < 4.78 is 0. The molecule has 88 valence electrons. The maximum atomic E-state index is 5.71. The van der Waals surface area contributed by atoms with Crippen molar-refractivity contribution in [2.45, 2.75) is 19.3 Å². The molecule has 0 amide bonds. The van der Waals surface area contributed by atoms with Crippen LogP contribution >= 0.6 is 11.3 Å². The topological polar surface area (TPSA) is 50.4 Å². The van der Waals surface area contributed by atoms with Crippen molar-refractivity contribution in [1.29, 1.82) is 0 Å². The molecule has 1 aromatic heterocycles. The van der Waals surface area contributed by atoms with E-state index in [1.54, 1.807) is 17.4 Å². The van der Waals surface area contributed by atoms with Crippen molar-refractivity contribution in [2.24, 2.45) is 10.7 Å². The SMILES string of the molecule is C=CCNC(N)=NCC(C)(C)c1cccs1. The first-order valence-corrected chi connectivity index (χ1v) is 6.13. The Labute approximate surface area is 101 Å².